The van der Waals surface area contributed by atoms with Crippen molar-refractivity contribution in [3.63, 3.8) is 0 Å². The third-order valence-electron chi connectivity index (χ3n) is 3.38. The molecule has 4 nitrogen and oxygen atoms in total. The predicted molar refractivity (Wildman–Crippen MR) is 81.7 cm³/mol. The van der Waals surface area contributed by atoms with Gasteiger partial charge < -0.3 is 9.30 Å². The van der Waals surface area contributed by atoms with Crippen LogP contribution in [-0.4, -0.2) is 21.9 Å². The van der Waals surface area contributed by atoms with Crippen molar-refractivity contribution in [1.29, 1.82) is 0 Å². The van der Waals surface area contributed by atoms with Gasteiger partial charge in [-0.2, -0.15) is 0 Å². The fourth-order valence-corrected chi connectivity index (χ4v) is 2.33. The van der Waals surface area contributed by atoms with E-state index in [1.54, 1.807) is 13.0 Å². The lowest BCUT2D eigenvalue weighted by molar-refractivity contribution is 0.101. The Labute approximate surface area is 123 Å². The molecule has 1 heterocycles. The fourth-order valence-electron chi connectivity index (χ4n) is 2.33. The van der Waals surface area contributed by atoms with Crippen LogP contribution in [0.3, 0.4) is 0 Å². The Morgan fingerprint density at radius 3 is 2.76 bits per heavy atom. The predicted octanol–water partition coefficient (Wildman–Crippen LogP) is 3.32. The Bertz CT molecular complexity index is 777. The van der Waals surface area contributed by atoms with Gasteiger partial charge in [0.2, 0.25) is 0 Å². The standard InChI is InChI=1S/C17H16N2O2/c1-13(20)14-6-2-5-9-17(14)21-11-10-19-12-18-15-7-3-4-8-16(15)19/h2-9,12H,10-11H2,1H3. The van der Waals surface area contributed by atoms with Gasteiger partial charge in [-0.15, -0.1) is 0 Å². The second-order valence-corrected chi connectivity index (χ2v) is 4.83. The maximum Gasteiger partial charge on any atom is 0.163 e. The van der Waals surface area contributed by atoms with Gasteiger partial charge in [-0.1, -0.05) is 24.3 Å². The highest BCUT2D eigenvalue weighted by Gasteiger charge is 2.07. The van der Waals surface area contributed by atoms with E-state index < -0.39 is 0 Å². The Hall–Kier alpha value is -2.62. The molecule has 21 heavy (non-hydrogen) atoms. The van der Waals surface area contributed by atoms with Gasteiger partial charge in [0.05, 0.1) is 29.5 Å². The summed E-state index contributed by atoms with van der Waals surface area (Å²) in [7, 11) is 0. The molecule has 2 aromatic carbocycles. The molecular formula is C17H16N2O2. The molecule has 4 heteroatoms. The number of hydrogen-bond acceptors (Lipinski definition) is 3. The Kier molecular flexibility index (Phi) is 3.69. The number of carbonyl (C=O) groups excluding carboxylic acids is 1. The van der Waals surface area contributed by atoms with Crippen molar-refractivity contribution in [1.82, 2.24) is 9.55 Å². The van der Waals surface area contributed by atoms with Crippen molar-refractivity contribution in [2.24, 2.45) is 0 Å². The van der Waals surface area contributed by atoms with Gasteiger partial charge in [0, 0.05) is 0 Å². The van der Waals surface area contributed by atoms with Gasteiger partial charge in [0.1, 0.15) is 12.4 Å². The molecule has 0 fully saturated rings. The Morgan fingerprint density at radius 2 is 1.90 bits per heavy atom. The number of nitrogens with zero attached hydrogens (tertiary/aromatic N) is 2. The topological polar surface area (TPSA) is 44.1 Å². The SMILES string of the molecule is CC(=O)c1ccccc1OCCn1cnc2ccccc21. The average Bonchev–Trinajstić information content (AvgIpc) is 2.91. The summed E-state index contributed by atoms with van der Waals surface area (Å²) in [5.74, 6) is 0.646. The minimum atomic E-state index is 0.0127. The molecule has 0 amide bonds. The van der Waals surface area contributed by atoms with Crippen LogP contribution >= 0.6 is 0 Å². The molecule has 0 radical (unpaired) electrons. The normalized spacial score (nSPS) is 10.7. The summed E-state index contributed by atoms with van der Waals surface area (Å²) in [5.41, 5.74) is 2.68. The highest BCUT2D eigenvalue weighted by Crippen LogP contribution is 2.18. The molecule has 0 aliphatic rings. The largest absolute Gasteiger partial charge is 0.491 e. The van der Waals surface area contributed by atoms with Gasteiger partial charge in [0.15, 0.2) is 5.78 Å². The lowest BCUT2D eigenvalue weighted by Gasteiger charge is -2.10. The summed E-state index contributed by atoms with van der Waals surface area (Å²) in [6, 6.07) is 15.3. The number of Topliss-reactive ketones (excluding diaryl/α,β-unsaturated/α-hetero) is 1. The van der Waals surface area contributed by atoms with Crippen molar-refractivity contribution in [2.75, 3.05) is 6.61 Å². The molecule has 0 saturated carbocycles. The van der Waals surface area contributed by atoms with Crippen molar-refractivity contribution in [3.8, 4) is 5.75 Å². The number of aromatic nitrogens is 2. The van der Waals surface area contributed by atoms with Gasteiger partial charge in [0.25, 0.3) is 0 Å². The zero-order valence-electron chi connectivity index (χ0n) is 11.8. The zero-order chi connectivity index (χ0) is 14.7. The van der Waals surface area contributed by atoms with Crippen molar-refractivity contribution < 1.29 is 9.53 Å². The summed E-state index contributed by atoms with van der Waals surface area (Å²) in [6.45, 7) is 2.73. The Balaban J connectivity index is 1.71. The van der Waals surface area contributed by atoms with Gasteiger partial charge >= 0.3 is 0 Å². The van der Waals surface area contributed by atoms with E-state index in [4.69, 9.17) is 4.74 Å². The first kappa shape index (κ1) is 13.4. The van der Waals surface area contributed by atoms with Crippen LogP contribution in [0.25, 0.3) is 11.0 Å². The number of fused-ring (bicyclic) bond motifs is 1. The maximum absolute atomic E-state index is 11.5. The van der Waals surface area contributed by atoms with Crippen LogP contribution in [0.4, 0.5) is 0 Å². The first-order valence-corrected chi connectivity index (χ1v) is 6.88. The zero-order valence-corrected chi connectivity index (χ0v) is 11.8. The highest BCUT2D eigenvalue weighted by atomic mass is 16.5. The maximum atomic E-state index is 11.5. The summed E-state index contributed by atoms with van der Waals surface area (Å²) in [6.07, 6.45) is 1.81. The number of ether oxygens (including phenoxy) is 1. The van der Waals surface area contributed by atoms with Gasteiger partial charge in [-0.25, -0.2) is 4.98 Å². The second-order valence-electron chi connectivity index (χ2n) is 4.83. The van der Waals surface area contributed by atoms with E-state index >= 15 is 0 Å². The molecule has 0 aliphatic heterocycles. The third kappa shape index (κ3) is 2.79. The molecule has 3 rings (SSSR count). The number of hydrogen-bond donors (Lipinski definition) is 0. The number of imidazole rings is 1. The third-order valence-corrected chi connectivity index (χ3v) is 3.38. The lowest BCUT2D eigenvalue weighted by atomic mass is 10.1. The van der Waals surface area contributed by atoms with E-state index in [-0.39, 0.29) is 5.78 Å². The van der Waals surface area contributed by atoms with Crippen LogP contribution < -0.4 is 4.74 Å². The van der Waals surface area contributed by atoms with Crippen LogP contribution in [0.15, 0.2) is 54.9 Å². The van der Waals surface area contributed by atoms with Crippen LogP contribution in [0.2, 0.25) is 0 Å². The van der Waals surface area contributed by atoms with E-state index in [0.717, 1.165) is 11.0 Å². The molecule has 0 aliphatic carbocycles. The number of benzene rings is 2. The minimum Gasteiger partial charge on any atom is -0.491 e. The van der Waals surface area contributed by atoms with Crippen molar-refractivity contribution >= 4 is 16.8 Å². The molecule has 0 saturated heterocycles. The smallest absolute Gasteiger partial charge is 0.163 e. The second kappa shape index (κ2) is 5.79. The van der Waals surface area contributed by atoms with E-state index in [9.17, 15) is 4.79 Å². The molecule has 0 N–H and O–H groups in total. The molecule has 0 atom stereocenters. The average molecular weight is 280 g/mol. The van der Waals surface area contributed by atoms with E-state index in [1.807, 2.05) is 53.4 Å². The molecule has 1 aromatic heterocycles. The molecule has 0 spiro atoms. The monoisotopic (exact) mass is 280 g/mol. The van der Waals surface area contributed by atoms with E-state index in [1.165, 1.54) is 0 Å². The highest BCUT2D eigenvalue weighted by molar-refractivity contribution is 5.96. The van der Waals surface area contributed by atoms with Crippen molar-refractivity contribution in [3.05, 3.63) is 60.4 Å². The summed E-state index contributed by atoms with van der Waals surface area (Å²) >= 11 is 0. The van der Waals surface area contributed by atoms with Crippen LogP contribution in [-0.2, 0) is 6.54 Å². The Morgan fingerprint density at radius 1 is 1.14 bits per heavy atom. The quantitative estimate of drug-likeness (QED) is 0.673. The minimum absolute atomic E-state index is 0.0127. The van der Waals surface area contributed by atoms with E-state index in [2.05, 4.69) is 4.98 Å². The molecular weight excluding hydrogens is 264 g/mol. The number of ketones is 1. The van der Waals surface area contributed by atoms with Crippen LogP contribution in [0.5, 0.6) is 5.75 Å². The number of rotatable bonds is 5. The first-order chi connectivity index (χ1) is 10.3. The summed E-state index contributed by atoms with van der Waals surface area (Å²) < 4.78 is 7.80. The number of para-hydroxylation sites is 3. The van der Waals surface area contributed by atoms with Crippen molar-refractivity contribution in [2.45, 2.75) is 13.5 Å². The first-order valence-electron chi connectivity index (χ1n) is 6.88. The number of carbonyl (C=O) groups is 1. The van der Waals surface area contributed by atoms with Crippen LogP contribution in [0.1, 0.15) is 17.3 Å². The van der Waals surface area contributed by atoms with Gasteiger partial charge in [-0.05, 0) is 31.2 Å². The fraction of sp³-hybridized carbons (Fsp3) is 0.176. The molecule has 0 bridgehead atoms. The summed E-state index contributed by atoms with van der Waals surface area (Å²) in [4.78, 5) is 15.9. The molecule has 3 aromatic rings. The van der Waals surface area contributed by atoms with E-state index in [0.29, 0.717) is 24.5 Å². The van der Waals surface area contributed by atoms with Gasteiger partial charge in [-0.3, -0.25) is 4.79 Å². The molecule has 0 unspecified atom stereocenters. The lowest BCUT2D eigenvalue weighted by Crippen LogP contribution is -2.09. The van der Waals surface area contributed by atoms with Crippen LogP contribution in [0, 0.1) is 0 Å². The molecule has 106 valence electrons. The summed E-state index contributed by atoms with van der Waals surface area (Å²) in [5, 5.41) is 0.